The van der Waals surface area contributed by atoms with E-state index >= 15 is 0 Å². The molecule has 25 heavy (non-hydrogen) atoms. The molecule has 130 valence electrons. The number of nitrogens with zero attached hydrogens (tertiary/aromatic N) is 2. The summed E-state index contributed by atoms with van der Waals surface area (Å²) in [6.45, 7) is 1.93. The maximum absolute atomic E-state index is 13.8. The van der Waals surface area contributed by atoms with E-state index in [1.54, 1.807) is 4.90 Å². The summed E-state index contributed by atoms with van der Waals surface area (Å²) in [6, 6.07) is 11.9. The number of aromatic nitrogens is 1. The number of piperidine rings is 1. The lowest BCUT2D eigenvalue weighted by Crippen LogP contribution is -2.46. The zero-order chi connectivity index (χ0) is 17.3. The van der Waals surface area contributed by atoms with E-state index in [-0.39, 0.29) is 17.1 Å². The Labute approximate surface area is 146 Å². The van der Waals surface area contributed by atoms with Gasteiger partial charge in [-0.05, 0) is 30.9 Å². The summed E-state index contributed by atoms with van der Waals surface area (Å²) in [7, 11) is 0. The molecule has 4 nitrogen and oxygen atoms in total. The molecule has 5 heteroatoms. The number of hydrogen-bond acceptors (Lipinski definition) is 3. The van der Waals surface area contributed by atoms with Gasteiger partial charge in [0.1, 0.15) is 0 Å². The summed E-state index contributed by atoms with van der Waals surface area (Å²) in [6.07, 6.45) is 5.13. The fourth-order valence-corrected chi connectivity index (χ4v) is 3.97. The Morgan fingerprint density at radius 1 is 1.20 bits per heavy atom. The Hall–Kier alpha value is -2.27. The van der Waals surface area contributed by atoms with Crippen LogP contribution in [0.25, 0.3) is 0 Å². The Morgan fingerprint density at radius 2 is 1.96 bits per heavy atom. The number of carbonyl (C=O) groups is 1. The normalized spacial score (nSPS) is 22.3. The van der Waals surface area contributed by atoms with Gasteiger partial charge in [-0.2, -0.15) is 0 Å². The van der Waals surface area contributed by atoms with Gasteiger partial charge in [0.05, 0.1) is 24.0 Å². The Bertz CT molecular complexity index is 757. The third-order valence-electron chi connectivity index (χ3n) is 5.44. The number of ether oxygens (including phenoxy) is 1. The van der Waals surface area contributed by atoms with Crippen molar-refractivity contribution in [3.63, 3.8) is 0 Å². The van der Waals surface area contributed by atoms with Crippen LogP contribution in [0.15, 0.2) is 48.8 Å². The second kappa shape index (κ2) is 6.56. The summed E-state index contributed by atoms with van der Waals surface area (Å²) in [5, 5.41) is 0. The average Bonchev–Trinajstić information content (AvgIpc) is 3.07. The summed E-state index contributed by atoms with van der Waals surface area (Å²) < 4.78 is 20.0. The van der Waals surface area contributed by atoms with Crippen LogP contribution in [-0.2, 0) is 4.74 Å². The fourth-order valence-electron chi connectivity index (χ4n) is 3.97. The van der Waals surface area contributed by atoms with E-state index in [0.717, 1.165) is 32.1 Å². The largest absolute Gasteiger partial charge is 0.374 e. The van der Waals surface area contributed by atoms with E-state index < -0.39 is 5.82 Å². The molecule has 2 saturated heterocycles. The topological polar surface area (TPSA) is 42.4 Å². The first-order chi connectivity index (χ1) is 12.2. The second-order valence-electron chi connectivity index (χ2n) is 6.95. The summed E-state index contributed by atoms with van der Waals surface area (Å²) in [5.41, 5.74) is 1.27. The second-order valence-corrected chi connectivity index (χ2v) is 6.95. The van der Waals surface area contributed by atoms with Gasteiger partial charge in [0.15, 0.2) is 5.82 Å². The molecule has 1 aromatic heterocycles. The highest BCUT2D eigenvalue weighted by molar-refractivity contribution is 5.94. The molecule has 0 N–H and O–H groups in total. The molecule has 2 aliphatic heterocycles. The molecular weight excluding hydrogens is 319 g/mol. The molecule has 1 spiro atoms. The minimum Gasteiger partial charge on any atom is -0.374 e. The van der Waals surface area contributed by atoms with E-state index in [1.807, 2.05) is 6.07 Å². The lowest BCUT2D eigenvalue weighted by atomic mass is 9.83. The van der Waals surface area contributed by atoms with Crippen LogP contribution in [0.2, 0.25) is 0 Å². The average molecular weight is 340 g/mol. The maximum Gasteiger partial charge on any atom is 0.256 e. The van der Waals surface area contributed by atoms with Crippen LogP contribution < -0.4 is 0 Å². The Balaban J connectivity index is 1.40. The SMILES string of the molecule is O=C(c1ccncc1F)N1CCC2(CC1)CC(c1ccccc1)CO2. The highest BCUT2D eigenvalue weighted by atomic mass is 19.1. The molecule has 0 bridgehead atoms. The van der Waals surface area contributed by atoms with Crippen molar-refractivity contribution in [2.45, 2.75) is 30.8 Å². The van der Waals surface area contributed by atoms with Gasteiger partial charge < -0.3 is 9.64 Å². The molecule has 0 aliphatic carbocycles. The predicted molar refractivity (Wildman–Crippen MR) is 91.8 cm³/mol. The van der Waals surface area contributed by atoms with Crippen molar-refractivity contribution in [3.05, 3.63) is 65.7 Å². The third-order valence-corrected chi connectivity index (χ3v) is 5.44. The first-order valence-corrected chi connectivity index (χ1v) is 8.75. The Morgan fingerprint density at radius 3 is 2.68 bits per heavy atom. The van der Waals surface area contributed by atoms with Crippen LogP contribution in [-0.4, -0.2) is 41.1 Å². The van der Waals surface area contributed by atoms with Crippen LogP contribution in [0.5, 0.6) is 0 Å². The highest BCUT2D eigenvalue weighted by Gasteiger charge is 2.43. The van der Waals surface area contributed by atoms with E-state index in [1.165, 1.54) is 17.8 Å². The number of rotatable bonds is 2. The molecule has 3 heterocycles. The van der Waals surface area contributed by atoms with Crippen molar-refractivity contribution in [2.75, 3.05) is 19.7 Å². The highest BCUT2D eigenvalue weighted by Crippen LogP contribution is 2.42. The lowest BCUT2D eigenvalue weighted by Gasteiger charge is -2.38. The van der Waals surface area contributed by atoms with Crippen LogP contribution in [0.1, 0.15) is 41.1 Å². The number of pyridine rings is 1. The lowest BCUT2D eigenvalue weighted by molar-refractivity contribution is -0.0389. The van der Waals surface area contributed by atoms with E-state index in [2.05, 4.69) is 29.2 Å². The van der Waals surface area contributed by atoms with Crippen LogP contribution in [0.3, 0.4) is 0 Å². The van der Waals surface area contributed by atoms with Gasteiger partial charge in [0.25, 0.3) is 5.91 Å². The smallest absolute Gasteiger partial charge is 0.256 e. The molecule has 4 rings (SSSR count). The number of amides is 1. The zero-order valence-corrected chi connectivity index (χ0v) is 14.0. The molecule has 1 aromatic carbocycles. The molecule has 1 amide bonds. The number of hydrogen-bond donors (Lipinski definition) is 0. The zero-order valence-electron chi connectivity index (χ0n) is 14.0. The van der Waals surface area contributed by atoms with Crippen molar-refractivity contribution in [1.29, 1.82) is 0 Å². The monoisotopic (exact) mass is 340 g/mol. The van der Waals surface area contributed by atoms with E-state index in [4.69, 9.17) is 4.74 Å². The van der Waals surface area contributed by atoms with Gasteiger partial charge in [0.2, 0.25) is 0 Å². The molecule has 0 radical (unpaired) electrons. The molecular formula is C20H21FN2O2. The number of likely N-dealkylation sites (tertiary alicyclic amines) is 1. The fraction of sp³-hybridized carbons (Fsp3) is 0.400. The van der Waals surface area contributed by atoms with Gasteiger partial charge in [-0.1, -0.05) is 30.3 Å². The summed E-state index contributed by atoms with van der Waals surface area (Å²) in [5.74, 6) is -0.400. The van der Waals surface area contributed by atoms with Crippen molar-refractivity contribution in [1.82, 2.24) is 9.88 Å². The van der Waals surface area contributed by atoms with Crippen molar-refractivity contribution in [2.24, 2.45) is 0 Å². The standard InChI is InChI=1S/C20H21FN2O2/c21-18-13-22-9-6-17(18)19(24)23-10-7-20(8-11-23)12-16(14-25-20)15-4-2-1-3-5-15/h1-6,9,13,16H,7-8,10-12,14H2. The maximum atomic E-state index is 13.8. The van der Waals surface area contributed by atoms with Gasteiger partial charge >= 0.3 is 0 Å². The van der Waals surface area contributed by atoms with Gasteiger partial charge in [-0.25, -0.2) is 4.39 Å². The molecule has 2 aliphatic rings. The first-order valence-electron chi connectivity index (χ1n) is 8.75. The van der Waals surface area contributed by atoms with Crippen molar-refractivity contribution >= 4 is 5.91 Å². The predicted octanol–water partition coefficient (Wildman–Crippen LogP) is 3.40. The van der Waals surface area contributed by atoms with Gasteiger partial charge in [0, 0.05) is 25.2 Å². The quantitative estimate of drug-likeness (QED) is 0.841. The van der Waals surface area contributed by atoms with Crippen molar-refractivity contribution < 1.29 is 13.9 Å². The molecule has 1 atom stereocenters. The van der Waals surface area contributed by atoms with Gasteiger partial charge in [-0.3, -0.25) is 9.78 Å². The van der Waals surface area contributed by atoms with Crippen molar-refractivity contribution in [3.8, 4) is 0 Å². The molecule has 1 unspecified atom stereocenters. The molecule has 2 fully saturated rings. The third kappa shape index (κ3) is 3.16. The minimum absolute atomic E-state index is 0.0976. The number of benzene rings is 1. The molecule has 2 aromatic rings. The summed E-state index contributed by atoms with van der Waals surface area (Å²) in [4.78, 5) is 18.0. The van der Waals surface area contributed by atoms with E-state index in [9.17, 15) is 9.18 Å². The van der Waals surface area contributed by atoms with Crippen LogP contribution >= 0.6 is 0 Å². The van der Waals surface area contributed by atoms with Crippen LogP contribution in [0, 0.1) is 5.82 Å². The summed E-state index contributed by atoms with van der Waals surface area (Å²) >= 11 is 0. The number of halogens is 1. The van der Waals surface area contributed by atoms with Crippen LogP contribution in [0.4, 0.5) is 4.39 Å². The van der Waals surface area contributed by atoms with Gasteiger partial charge in [-0.15, -0.1) is 0 Å². The number of carbonyl (C=O) groups excluding carboxylic acids is 1. The minimum atomic E-state index is -0.561. The Kier molecular flexibility index (Phi) is 4.25. The first kappa shape index (κ1) is 16.2. The molecule has 0 saturated carbocycles. The van der Waals surface area contributed by atoms with E-state index in [0.29, 0.717) is 19.0 Å².